The van der Waals surface area contributed by atoms with Crippen molar-refractivity contribution in [1.29, 1.82) is 0 Å². The summed E-state index contributed by atoms with van der Waals surface area (Å²) >= 11 is 0. The number of rotatable bonds is 10. The molecule has 0 aromatic heterocycles. The van der Waals surface area contributed by atoms with E-state index in [1.807, 2.05) is 49.0 Å². The van der Waals surface area contributed by atoms with Gasteiger partial charge in [0.05, 0.1) is 0 Å². The fraction of sp³-hybridized carbons (Fsp3) is 0.652. The SMILES string of the molecule is CCNC(=O)Nc1ccc(N(C)C)c(CN(C(=O)C(CC)CC)[C@@H](C)C(C)C)c1. The maximum absolute atomic E-state index is 13.3. The summed E-state index contributed by atoms with van der Waals surface area (Å²) in [4.78, 5) is 29.3. The van der Waals surface area contributed by atoms with Crippen molar-refractivity contribution in [2.24, 2.45) is 11.8 Å². The predicted octanol–water partition coefficient (Wildman–Crippen LogP) is 4.70. The molecule has 1 aromatic rings. The highest BCUT2D eigenvalue weighted by molar-refractivity contribution is 5.89. The van der Waals surface area contributed by atoms with Crippen LogP contribution >= 0.6 is 0 Å². The Kier molecular flexibility index (Phi) is 9.99. The summed E-state index contributed by atoms with van der Waals surface area (Å²) in [6, 6.07) is 5.77. The van der Waals surface area contributed by atoms with Gasteiger partial charge in [-0.05, 0) is 56.4 Å². The zero-order chi connectivity index (χ0) is 22.1. The van der Waals surface area contributed by atoms with Gasteiger partial charge in [-0.1, -0.05) is 27.7 Å². The van der Waals surface area contributed by atoms with E-state index in [-0.39, 0.29) is 23.9 Å². The Morgan fingerprint density at radius 1 is 1.03 bits per heavy atom. The van der Waals surface area contributed by atoms with Crippen molar-refractivity contribution in [3.8, 4) is 0 Å². The van der Waals surface area contributed by atoms with Crippen LogP contribution in [-0.2, 0) is 11.3 Å². The van der Waals surface area contributed by atoms with E-state index in [0.29, 0.717) is 19.0 Å². The third kappa shape index (κ3) is 6.94. The van der Waals surface area contributed by atoms with E-state index in [9.17, 15) is 9.59 Å². The Balaban J connectivity index is 3.30. The number of nitrogens with zero attached hydrogens (tertiary/aromatic N) is 2. The molecule has 1 atom stereocenters. The average Bonchev–Trinajstić information content (AvgIpc) is 2.66. The van der Waals surface area contributed by atoms with Crippen LogP contribution in [0.1, 0.15) is 59.9 Å². The number of nitrogens with one attached hydrogen (secondary N) is 2. The minimum Gasteiger partial charge on any atom is -0.377 e. The van der Waals surface area contributed by atoms with Crippen LogP contribution in [0, 0.1) is 11.8 Å². The van der Waals surface area contributed by atoms with Gasteiger partial charge in [-0.15, -0.1) is 0 Å². The summed E-state index contributed by atoms with van der Waals surface area (Å²) in [5, 5.41) is 5.63. The molecular weight excluding hydrogens is 364 g/mol. The largest absolute Gasteiger partial charge is 0.377 e. The fourth-order valence-electron chi connectivity index (χ4n) is 3.40. The molecule has 6 heteroatoms. The van der Waals surface area contributed by atoms with Gasteiger partial charge >= 0.3 is 6.03 Å². The second kappa shape index (κ2) is 11.7. The molecule has 6 nitrogen and oxygen atoms in total. The Bertz CT molecular complexity index is 669. The average molecular weight is 405 g/mol. The molecule has 0 heterocycles. The maximum Gasteiger partial charge on any atom is 0.319 e. The van der Waals surface area contributed by atoms with Crippen molar-refractivity contribution in [2.45, 2.75) is 67.0 Å². The van der Waals surface area contributed by atoms with Crippen LogP contribution in [0.2, 0.25) is 0 Å². The molecule has 1 aromatic carbocycles. The summed E-state index contributed by atoms with van der Waals surface area (Å²) in [5.74, 6) is 0.603. The van der Waals surface area contributed by atoms with E-state index in [0.717, 1.165) is 29.8 Å². The Morgan fingerprint density at radius 2 is 1.66 bits per heavy atom. The molecule has 0 spiro atoms. The number of carbonyl (C=O) groups excluding carboxylic acids is 2. The number of hydrogen-bond acceptors (Lipinski definition) is 3. The lowest BCUT2D eigenvalue weighted by Crippen LogP contribution is -2.44. The van der Waals surface area contributed by atoms with Crippen LogP contribution in [0.25, 0.3) is 0 Å². The number of anilines is 2. The van der Waals surface area contributed by atoms with Crippen LogP contribution in [0.5, 0.6) is 0 Å². The van der Waals surface area contributed by atoms with Gasteiger partial charge in [0.25, 0.3) is 0 Å². The molecule has 0 radical (unpaired) electrons. The van der Waals surface area contributed by atoms with Crippen LogP contribution < -0.4 is 15.5 Å². The van der Waals surface area contributed by atoms with Gasteiger partial charge in [-0.25, -0.2) is 4.79 Å². The Morgan fingerprint density at radius 3 is 2.14 bits per heavy atom. The van der Waals surface area contributed by atoms with E-state index >= 15 is 0 Å². The van der Waals surface area contributed by atoms with Gasteiger partial charge in [0, 0.05) is 50.5 Å². The van der Waals surface area contributed by atoms with Crippen molar-refractivity contribution in [3.05, 3.63) is 23.8 Å². The number of carbonyl (C=O) groups is 2. The minimum absolute atomic E-state index is 0.0376. The van der Waals surface area contributed by atoms with Crippen LogP contribution in [0.15, 0.2) is 18.2 Å². The third-order valence-corrected chi connectivity index (χ3v) is 5.57. The maximum atomic E-state index is 13.3. The van der Waals surface area contributed by atoms with E-state index in [1.165, 1.54) is 0 Å². The minimum atomic E-state index is -0.225. The van der Waals surface area contributed by atoms with Crippen molar-refractivity contribution in [3.63, 3.8) is 0 Å². The first-order valence-corrected chi connectivity index (χ1v) is 10.8. The van der Waals surface area contributed by atoms with Crippen LogP contribution in [0.3, 0.4) is 0 Å². The third-order valence-electron chi connectivity index (χ3n) is 5.57. The van der Waals surface area contributed by atoms with Gasteiger partial charge in [-0.2, -0.15) is 0 Å². The summed E-state index contributed by atoms with van der Waals surface area (Å²) in [6.45, 7) is 13.5. The van der Waals surface area contributed by atoms with Crippen LogP contribution in [0.4, 0.5) is 16.2 Å². The van der Waals surface area contributed by atoms with Crippen molar-refractivity contribution >= 4 is 23.3 Å². The highest BCUT2D eigenvalue weighted by Crippen LogP contribution is 2.28. The number of amides is 3. The van der Waals surface area contributed by atoms with Gasteiger partial charge in [0.2, 0.25) is 5.91 Å². The second-order valence-electron chi connectivity index (χ2n) is 8.19. The summed E-state index contributed by atoms with van der Waals surface area (Å²) in [7, 11) is 3.99. The molecule has 29 heavy (non-hydrogen) atoms. The standard InChI is InChI=1S/C23H40N4O2/c1-9-18(10-2)22(28)27(17(6)16(4)5)15-19-14-20(25-23(29)24-11-3)12-13-21(19)26(7)8/h12-14,16-18H,9-11,15H2,1-8H3,(H2,24,25,29)/t17-/m0/s1. The molecule has 0 saturated heterocycles. The predicted molar refractivity (Wildman–Crippen MR) is 122 cm³/mol. The Labute approximate surface area is 177 Å². The van der Waals surface area contributed by atoms with Gasteiger partial charge in [0.1, 0.15) is 0 Å². The van der Waals surface area contributed by atoms with Crippen molar-refractivity contribution in [2.75, 3.05) is 30.9 Å². The molecule has 0 bridgehead atoms. The lowest BCUT2D eigenvalue weighted by atomic mass is 9.97. The summed E-state index contributed by atoms with van der Waals surface area (Å²) < 4.78 is 0. The number of urea groups is 1. The lowest BCUT2D eigenvalue weighted by Gasteiger charge is -2.35. The quantitative estimate of drug-likeness (QED) is 0.594. The fourth-order valence-corrected chi connectivity index (χ4v) is 3.40. The molecule has 0 unspecified atom stereocenters. The summed E-state index contributed by atoms with van der Waals surface area (Å²) in [6.07, 6.45) is 1.69. The first-order chi connectivity index (χ1) is 13.7. The normalized spacial score (nSPS) is 12.1. The molecule has 3 amide bonds. The smallest absolute Gasteiger partial charge is 0.319 e. The molecule has 0 aliphatic rings. The number of benzene rings is 1. The Hall–Kier alpha value is -2.24. The molecule has 0 fully saturated rings. The van der Waals surface area contributed by atoms with E-state index in [1.54, 1.807) is 0 Å². The van der Waals surface area contributed by atoms with Gasteiger partial charge in [-0.3, -0.25) is 4.79 Å². The molecule has 1 rings (SSSR count). The molecule has 0 saturated carbocycles. The van der Waals surface area contributed by atoms with Crippen molar-refractivity contribution in [1.82, 2.24) is 10.2 Å². The highest BCUT2D eigenvalue weighted by atomic mass is 16.2. The lowest BCUT2D eigenvalue weighted by molar-refractivity contribution is -0.139. The van der Waals surface area contributed by atoms with Gasteiger partial charge in [0.15, 0.2) is 0 Å². The van der Waals surface area contributed by atoms with E-state index < -0.39 is 0 Å². The molecular formula is C23H40N4O2. The van der Waals surface area contributed by atoms with Crippen LogP contribution in [-0.4, -0.2) is 43.5 Å². The first kappa shape index (κ1) is 24.8. The second-order valence-corrected chi connectivity index (χ2v) is 8.19. The topological polar surface area (TPSA) is 64.7 Å². The zero-order valence-electron chi connectivity index (χ0n) is 19.5. The molecule has 2 N–H and O–H groups in total. The van der Waals surface area contributed by atoms with Gasteiger partial charge < -0.3 is 20.4 Å². The first-order valence-electron chi connectivity index (χ1n) is 10.8. The molecule has 164 valence electrons. The van der Waals surface area contributed by atoms with E-state index in [4.69, 9.17) is 0 Å². The summed E-state index contributed by atoms with van der Waals surface area (Å²) in [5.41, 5.74) is 2.80. The van der Waals surface area contributed by atoms with E-state index in [2.05, 4.69) is 45.3 Å². The zero-order valence-corrected chi connectivity index (χ0v) is 19.5. The monoisotopic (exact) mass is 404 g/mol. The highest BCUT2D eigenvalue weighted by Gasteiger charge is 2.28. The molecule has 0 aliphatic carbocycles. The van der Waals surface area contributed by atoms with Crippen molar-refractivity contribution < 1.29 is 9.59 Å². The number of hydrogen-bond donors (Lipinski definition) is 2. The molecule has 0 aliphatic heterocycles.